The van der Waals surface area contributed by atoms with Crippen LogP contribution in [0.2, 0.25) is 0 Å². The van der Waals surface area contributed by atoms with E-state index in [1.54, 1.807) is 11.9 Å². The number of hydrogen-bond acceptors (Lipinski definition) is 3. The number of nitrogens with two attached hydrogens (primary N) is 1. The van der Waals surface area contributed by atoms with Gasteiger partial charge in [0.25, 0.3) is 0 Å². The Bertz CT molecular complexity index is 572. The average Bonchev–Trinajstić information content (AvgIpc) is 2.59. The molecule has 1 atom stereocenters. The molecule has 116 valence electrons. The van der Waals surface area contributed by atoms with E-state index in [0.29, 0.717) is 19.8 Å². The lowest BCUT2D eigenvalue weighted by Crippen LogP contribution is -2.37. The van der Waals surface area contributed by atoms with E-state index in [-0.39, 0.29) is 5.91 Å². The summed E-state index contributed by atoms with van der Waals surface area (Å²) in [5.41, 5.74) is 7.95. The van der Waals surface area contributed by atoms with Gasteiger partial charge in [0.2, 0.25) is 5.91 Å². The topological polar surface area (TPSA) is 55.6 Å². The minimum absolute atomic E-state index is 0.102. The van der Waals surface area contributed by atoms with Crippen molar-refractivity contribution in [2.45, 2.75) is 12.6 Å². The summed E-state index contributed by atoms with van der Waals surface area (Å²) in [5, 5.41) is 0. The van der Waals surface area contributed by atoms with Crippen molar-refractivity contribution in [3.63, 3.8) is 0 Å². The first kappa shape index (κ1) is 16.2. The van der Waals surface area contributed by atoms with E-state index in [9.17, 15) is 4.79 Å². The molecule has 2 N–H and O–H groups in total. The molecule has 0 heterocycles. The van der Waals surface area contributed by atoms with Crippen molar-refractivity contribution in [3.8, 4) is 0 Å². The largest absolute Gasteiger partial charge is 0.375 e. The number of ether oxygens (including phenoxy) is 1. The monoisotopic (exact) mass is 298 g/mol. The van der Waals surface area contributed by atoms with Crippen LogP contribution >= 0.6 is 0 Å². The molecule has 0 aliphatic rings. The fraction of sp³-hybridized carbons (Fsp3) is 0.278. The van der Waals surface area contributed by atoms with E-state index in [2.05, 4.69) is 0 Å². The molecule has 0 saturated carbocycles. The molecular formula is C18H22N2O2. The first-order valence-corrected chi connectivity index (χ1v) is 7.35. The molecule has 1 amide bonds. The molecular weight excluding hydrogens is 276 g/mol. The Balaban J connectivity index is 1.75. The van der Waals surface area contributed by atoms with Gasteiger partial charge >= 0.3 is 0 Å². The van der Waals surface area contributed by atoms with E-state index in [1.807, 2.05) is 60.7 Å². The highest BCUT2D eigenvalue weighted by Gasteiger charge is 2.19. The summed E-state index contributed by atoms with van der Waals surface area (Å²) in [6.07, 6.45) is 0. The second-order valence-corrected chi connectivity index (χ2v) is 5.19. The van der Waals surface area contributed by atoms with Gasteiger partial charge in [-0.3, -0.25) is 4.79 Å². The van der Waals surface area contributed by atoms with Crippen molar-refractivity contribution in [3.05, 3.63) is 71.8 Å². The molecule has 0 aliphatic heterocycles. The quantitative estimate of drug-likeness (QED) is 0.798. The predicted octanol–water partition coefficient (Wildman–Crippen LogP) is 2.36. The smallest absolute Gasteiger partial charge is 0.243 e. The summed E-state index contributed by atoms with van der Waals surface area (Å²) < 4.78 is 5.59. The zero-order chi connectivity index (χ0) is 15.8. The lowest BCUT2D eigenvalue weighted by Gasteiger charge is -2.21. The fourth-order valence-electron chi connectivity index (χ4n) is 2.12. The molecule has 0 saturated heterocycles. The van der Waals surface area contributed by atoms with Crippen molar-refractivity contribution >= 4 is 5.91 Å². The first-order chi connectivity index (χ1) is 10.7. The molecule has 4 nitrogen and oxygen atoms in total. The van der Waals surface area contributed by atoms with Crippen LogP contribution in [0.25, 0.3) is 0 Å². The standard InChI is InChI=1S/C18H22N2O2/c1-20(12-13-22-14-15-8-4-2-5-9-15)18(21)17(19)16-10-6-3-7-11-16/h2-11,17H,12-14,19H2,1H3. The third-order valence-electron chi connectivity index (χ3n) is 3.48. The van der Waals surface area contributed by atoms with Crippen LogP contribution in [0.3, 0.4) is 0 Å². The SMILES string of the molecule is CN(CCOCc1ccccc1)C(=O)C(N)c1ccccc1. The van der Waals surface area contributed by atoms with Crippen LogP contribution in [-0.4, -0.2) is 31.0 Å². The molecule has 4 heteroatoms. The van der Waals surface area contributed by atoms with Crippen molar-refractivity contribution < 1.29 is 9.53 Å². The van der Waals surface area contributed by atoms with Crippen molar-refractivity contribution in [1.29, 1.82) is 0 Å². The number of rotatable bonds is 7. The highest BCUT2D eigenvalue weighted by atomic mass is 16.5. The first-order valence-electron chi connectivity index (χ1n) is 7.35. The number of likely N-dealkylation sites (N-methyl/N-ethyl adjacent to an activating group) is 1. The van der Waals surface area contributed by atoms with Crippen molar-refractivity contribution in [2.75, 3.05) is 20.2 Å². The number of carbonyl (C=O) groups excluding carboxylic acids is 1. The average molecular weight is 298 g/mol. The zero-order valence-electron chi connectivity index (χ0n) is 12.8. The summed E-state index contributed by atoms with van der Waals surface area (Å²) in [7, 11) is 1.75. The van der Waals surface area contributed by atoms with E-state index in [4.69, 9.17) is 10.5 Å². The van der Waals surface area contributed by atoms with Crippen LogP contribution in [0.5, 0.6) is 0 Å². The summed E-state index contributed by atoms with van der Waals surface area (Å²) in [6, 6.07) is 18.7. The Morgan fingerprint density at radius 1 is 1.09 bits per heavy atom. The second-order valence-electron chi connectivity index (χ2n) is 5.19. The number of benzene rings is 2. The zero-order valence-corrected chi connectivity index (χ0v) is 12.8. The lowest BCUT2D eigenvalue weighted by molar-refractivity contribution is -0.132. The Kier molecular flexibility index (Phi) is 6.13. The van der Waals surface area contributed by atoms with Gasteiger partial charge in [0.05, 0.1) is 13.2 Å². The molecule has 0 bridgehead atoms. The maximum absolute atomic E-state index is 12.3. The Morgan fingerprint density at radius 3 is 2.32 bits per heavy atom. The maximum Gasteiger partial charge on any atom is 0.243 e. The number of nitrogens with zero attached hydrogens (tertiary/aromatic N) is 1. The third-order valence-corrected chi connectivity index (χ3v) is 3.48. The molecule has 2 rings (SSSR count). The number of amides is 1. The molecule has 0 aromatic heterocycles. The third kappa shape index (κ3) is 4.69. The molecule has 0 spiro atoms. The molecule has 2 aromatic carbocycles. The van der Waals surface area contributed by atoms with Gasteiger partial charge < -0.3 is 15.4 Å². The molecule has 0 radical (unpaired) electrons. The summed E-state index contributed by atoms with van der Waals surface area (Å²) in [5.74, 6) is -0.102. The second kappa shape index (κ2) is 8.32. The summed E-state index contributed by atoms with van der Waals surface area (Å²) >= 11 is 0. The molecule has 22 heavy (non-hydrogen) atoms. The van der Waals surface area contributed by atoms with E-state index in [0.717, 1.165) is 11.1 Å². The van der Waals surface area contributed by atoms with E-state index in [1.165, 1.54) is 0 Å². The van der Waals surface area contributed by atoms with Gasteiger partial charge in [-0.15, -0.1) is 0 Å². The van der Waals surface area contributed by atoms with Crippen LogP contribution in [0.4, 0.5) is 0 Å². The minimum atomic E-state index is -0.625. The maximum atomic E-state index is 12.3. The predicted molar refractivity (Wildman–Crippen MR) is 87.1 cm³/mol. The van der Waals surface area contributed by atoms with Gasteiger partial charge in [-0.1, -0.05) is 60.7 Å². The Hall–Kier alpha value is -2.17. The molecule has 1 unspecified atom stereocenters. The molecule has 0 aliphatic carbocycles. The van der Waals surface area contributed by atoms with Gasteiger partial charge in [-0.2, -0.15) is 0 Å². The Labute approximate surface area is 131 Å². The minimum Gasteiger partial charge on any atom is -0.375 e. The van der Waals surface area contributed by atoms with Crippen molar-refractivity contribution in [2.24, 2.45) is 5.73 Å². The van der Waals surface area contributed by atoms with Gasteiger partial charge in [-0.05, 0) is 11.1 Å². The van der Waals surface area contributed by atoms with Crippen LogP contribution in [0.15, 0.2) is 60.7 Å². The van der Waals surface area contributed by atoms with Gasteiger partial charge in [0, 0.05) is 13.6 Å². The summed E-state index contributed by atoms with van der Waals surface area (Å²) in [4.78, 5) is 13.9. The highest BCUT2D eigenvalue weighted by Crippen LogP contribution is 2.12. The van der Waals surface area contributed by atoms with Crippen molar-refractivity contribution in [1.82, 2.24) is 4.90 Å². The Morgan fingerprint density at radius 2 is 1.68 bits per heavy atom. The van der Waals surface area contributed by atoms with Crippen LogP contribution < -0.4 is 5.73 Å². The normalized spacial score (nSPS) is 11.9. The van der Waals surface area contributed by atoms with Crippen LogP contribution in [-0.2, 0) is 16.1 Å². The highest BCUT2D eigenvalue weighted by molar-refractivity contribution is 5.82. The van der Waals surface area contributed by atoms with Gasteiger partial charge in [-0.25, -0.2) is 0 Å². The summed E-state index contributed by atoms with van der Waals surface area (Å²) in [6.45, 7) is 1.55. The van der Waals surface area contributed by atoms with E-state index < -0.39 is 6.04 Å². The van der Waals surface area contributed by atoms with E-state index >= 15 is 0 Å². The molecule has 0 fully saturated rings. The fourth-order valence-corrected chi connectivity index (χ4v) is 2.12. The lowest BCUT2D eigenvalue weighted by atomic mass is 10.1. The van der Waals surface area contributed by atoms with Gasteiger partial charge in [0.15, 0.2) is 0 Å². The van der Waals surface area contributed by atoms with Crippen LogP contribution in [0, 0.1) is 0 Å². The molecule has 2 aromatic rings. The number of hydrogen-bond donors (Lipinski definition) is 1. The van der Waals surface area contributed by atoms with Gasteiger partial charge in [0.1, 0.15) is 6.04 Å². The van der Waals surface area contributed by atoms with Crippen LogP contribution in [0.1, 0.15) is 17.2 Å². The number of carbonyl (C=O) groups is 1.